The summed E-state index contributed by atoms with van der Waals surface area (Å²) < 4.78 is 13.0. The number of nitrogens with zero attached hydrogens (tertiary/aromatic N) is 1. The van der Waals surface area contributed by atoms with E-state index in [0.717, 1.165) is 18.7 Å². The molecule has 0 saturated carbocycles. The van der Waals surface area contributed by atoms with Crippen molar-refractivity contribution >= 4 is 5.91 Å². The van der Waals surface area contributed by atoms with Crippen molar-refractivity contribution in [2.75, 3.05) is 19.6 Å². The van der Waals surface area contributed by atoms with E-state index in [9.17, 15) is 9.18 Å². The number of carbonyl (C=O) groups is 1. The van der Waals surface area contributed by atoms with Crippen LogP contribution in [0.25, 0.3) is 0 Å². The van der Waals surface area contributed by atoms with E-state index >= 15 is 0 Å². The molecule has 25 heavy (non-hydrogen) atoms. The van der Waals surface area contributed by atoms with E-state index in [2.05, 4.69) is 41.4 Å². The quantitative estimate of drug-likeness (QED) is 0.871. The standard InChI is InChI=1S/C21H25FN2O/c1-16-4-8-18(9-5-16)20(24-12-2-3-13-24)15-23-21(25)14-17-6-10-19(22)11-7-17/h4-11,20H,2-3,12-15H2,1H3,(H,23,25). The minimum absolute atomic E-state index is 0.0251. The van der Waals surface area contributed by atoms with Crippen molar-refractivity contribution in [1.29, 1.82) is 0 Å². The summed E-state index contributed by atoms with van der Waals surface area (Å²) >= 11 is 0. The Morgan fingerprint density at radius 1 is 1.08 bits per heavy atom. The van der Waals surface area contributed by atoms with Crippen LogP contribution in [0.4, 0.5) is 4.39 Å². The number of hydrogen-bond donors (Lipinski definition) is 1. The maximum atomic E-state index is 13.0. The number of halogens is 1. The highest BCUT2D eigenvalue weighted by molar-refractivity contribution is 5.78. The highest BCUT2D eigenvalue weighted by Crippen LogP contribution is 2.25. The van der Waals surface area contributed by atoms with Crippen molar-refractivity contribution in [2.45, 2.75) is 32.2 Å². The first-order valence-electron chi connectivity index (χ1n) is 8.93. The van der Waals surface area contributed by atoms with Gasteiger partial charge in [-0.2, -0.15) is 0 Å². The minimum Gasteiger partial charge on any atom is -0.354 e. The Kier molecular flexibility index (Phi) is 5.82. The lowest BCUT2D eigenvalue weighted by Gasteiger charge is -2.28. The normalized spacial score (nSPS) is 15.9. The molecule has 132 valence electrons. The van der Waals surface area contributed by atoms with E-state index < -0.39 is 0 Å². The number of nitrogens with one attached hydrogen (secondary N) is 1. The summed E-state index contributed by atoms with van der Waals surface area (Å²) in [4.78, 5) is 14.7. The zero-order chi connectivity index (χ0) is 17.6. The summed E-state index contributed by atoms with van der Waals surface area (Å²) in [5.41, 5.74) is 3.31. The van der Waals surface area contributed by atoms with Crippen LogP contribution in [0.5, 0.6) is 0 Å². The van der Waals surface area contributed by atoms with E-state index in [4.69, 9.17) is 0 Å². The predicted octanol–water partition coefficient (Wildman–Crippen LogP) is 3.63. The van der Waals surface area contributed by atoms with Crippen LogP contribution in [0.1, 0.15) is 35.6 Å². The Morgan fingerprint density at radius 3 is 2.36 bits per heavy atom. The first-order chi connectivity index (χ1) is 12.1. The van der Waals surface area contributed by atoms with Gasteiger partial charge in [-0.1, -0.05) is 42.0 Å². The van der Waals surface area contributed by atoms with Gasteiger partial charge in [-0.25, -0.2) is 4.39 Å². The van der Waals surface area contributed by atoms with Gasteiger partial charge in [-0.05, 0) is 56.1 Å². The summed E-state index contributed by atoms with van der Waals surface area (Å²) in [6.45, 7) is 4.83. The van der Waals surface area contributed by atoms with Gasteiger partial charge in [0, 0.05) is 6.54 Å². The van der Waals surface area contributed by atoms with Crippen LogP contribution in [0.2, 0.25) is 0 Å². The second kappa shape index (κ2) is 8.26. The van der Waals surface area contributed by atoms with Crippen LogP contribution < -0.4 is 5.32 Å². The molecule has 1 N–H and O–H groups in total. The Bertz CT molecular complexity index is 691. The van der Waals surface area contributed by atoms with E-state index in [1.165, 1.54) is 36.1 Å². The minimum atomic E-state index is -0.280. The lowest BCUT2D eigenvalue weighted by Crippen LogP contribution is -2.37. The van der Waals surface area contributed by atoms with Gasteiger partial charge < -0.3 is 5.32 Å². The summed E-state index contributed by atoms with van der Waals surface area (Å²) in [5.74, 6) is -0.305. The molecule has 3 rings (SSSR count). The fraction of sp³-hybridized carbons (Fsp3) is 0.381. The molecule has 2 aromatic carbocycles. The third-order valence-corrected chi connectivity index (χ3v) is 4.81. The molecule has 0 spiro atoms. The molecular weight excluding hydrogens is 315 g/mol. The van der Waals surface area contributed by atoms with Crippen LogP contribution in [0.3, 0.4) is 0 Å². The molecule has 0 bridgehead atoms. The molecule has 1 aliphatic heterocycles. The molecule has 4 heteroatoms. The van der Waals surface area contributed by atoms with Gasteiger partial charge in [0.15, 0.2) is 0 Å². The second-order valence-corrected chi connectivity index (χ2v) is 6.78. The third-order valence-electron chi connectivity index (χ3n) is 4.81. The molecule has 0 aromatic heterocycles. The maximum Gasteiger partial charge on any atom is 0.224 e. The van der Waals surface area contributed by atoms with Gasteiger partial charge in [0.1, 0.15) is 5.82 Å². The molecule has 1 aliphatic rings. The van der Waals surface area contributed by atoms with Crippen molar-refractivity contribution in [2.24, 2.45) is 0 Å². The highest BCUT2D eigenvalue weighted by atomic mass is 19.1. The molecule has 1 amide bonds. The van der Waals surface area contributed by atoms with Crippen molar-refractivity contribution < 1.29 is 9.18 Å². The Morgan fingerprint density at radius 2 is 1.72 bits per heavy atom. The largest absolute Gasteiger partial charge is 0.354 e. The maximum absolute atomic E-state index is 13.0. The van der Waals surface area contributed by atoms with Gasteiger partial charge in [0.05, 0.1) is 12.5 Å². The lowest BCUT2D eigenvalue weighted by atomic mass is 10.0. The number of hydrogen-bond acceptors (Lipinski definition) is 2. The van der Waals surface area contributed by atoms with Gasteiger partial charge in [-0.3, -0.25) is 9.69 Å². The first kappa shape index (κ1) is 17.6. The highest BCUT2D eigenvalue weighted by Gasteiger charge is 2.23. The van der Waals surface area contributed by atoms with Crippen LogP contribution >= 0.6 is 0 Å². The van der Waals surface area contributed by atoms with Crippen LogP contribution in [0, 0.1) is 12.7 Å². The topological polar surface area (TPSA) is 32.3 Å². The molecule has 2 aromatic rings. The average Bonchev–Trinajstić information content (AvgIpc) is 3.13. The Balaban J connectivity index is 1.62. The van der Waals surface area contributed by atoms with E-state index in [1.807, 2.05) is 0 Å². The smallest absolute Gasteiger partial charge is 0.224 e. The summed E-state index contributed by atoms with van der Waals surface area (Å²) in [6, 6.07) is 14.9. The molecule has 1 fully saturated rings. The van der Waals surface area contributed by atoms with Crippen molar-refractivity contribution in [3.05, 3.63) is 71.0 Å². The zero-order valence-electron chi connectivity index (χ0n) is 14.7. The molecular formula is C21H25FN2O. The van der Waals surface area contributed by atoms with E-state index in [0.29, 0.717) is 6.54 Å². The van der Waals surface area contributed by atoms with Gasteiger partial charge in [0.25, 0.3) is 0 Å². The third kappa shape index (κ3) is 4.89. The number of carbonyl (C=O) groups excluding carboxylic acids is 1. The van der Waals surface area contributed by atoms with E-state index in [1.54, 1.807) is 12.1 Å². The SMILES string of the molecule is Cc1ccc(C(CNC(=O)Cc2ccc(F)cc2)N2CCCC2)cc1. The predicted molar refractivity (Wildman–Crippen MR) is 97.8 cm³/mol. The van der Waals surface area contributed by atoms with Gasteiger partial charge in [0.2, 0.25) is 5.91 Å². The van der Waals surface area contributed by atoms with Gasteiger partial charge >= 0.3 is 0 Å². The van der Waals surface area contributed by atoms with Crippen molar-refractivity contribution in [1.82, 2.24) is 10.2 Å². The molecule has 1 unspecified atom stereocenters. The fourth-order valence-corrected chi connectivity index (χ4v) is 3.36. The fourth-order valence-electron chi connectivity index (χ4n) is 3.36. The first-order valence-corrected chi connectivity index (χ1v) is 8.93. The number of amides is 1. The number of rotatable bonds is 6. The van der Waals surface area contributed by atoms with E-state index in [-0.39, 0.29) is 24.2 Å². The molecule has 1 saturated heterocycles. The summed E-state index contributed by atoms with van der Waals surface area (Å²) in [6.07, 6.45) is 2.71. The summed E-state index contributed by atoms with van der Waals surface area (Å²) in [7, 11) is 0. The van der Waals surface area contributed by atoms with Crippen LogP contribution in [-0.4, -0.2) is 30.4 Å². The number of aryl methyl sites for hydroxylation is 1. The Labute approximate surface area is 148 Å². The van der Waals surface area contributed by atoms with Crippen molar-refractivity contribution in [3.63, 3.8) is 0 Å². The zero-order valence-corrected chi connectivity index (χ0v) is 14.7. The second-order valence-electron chi connectivity index (χ2n) is 6.78. The van der Waals surface area contributed by atoms with Crippen molar-refractivity contribution in [3.8, 4) is 0 Å². The monoisotopic (exact) mass is 340 g/mol. The van der Waals surface area contributed by atoms with Crippen LogP contribution in [-0.2, 0) is 11.2 Å². The lowest BCUT2D eigenvalue weighted by molar-refractivity contribution is -0.120. The molecule has 1 atom stereocenters. The molecule has 0 radical (unpaired) electrons. The van der Waals surface area contributed by atoms with Crippen LogP contribution in [0.15, 0.2) is 48.5 Å². The molecule has 0 aliphatic carbocycles. The van der Waals surface area contributed by atoms with Gasteiger partial charge in [-0.15, -0.1) is 0 Å². The average molecular weight is 340 g/mol. The Hall–Kier alpha value is -2.20. The number of benzene rings is 2. The molecule has 3 nitrogen and oxygen atoms in total. The summed E-state index contributed by atoms with van der Waals surface area (Å²) in [5, 5.41) is 3.06. The molecule has 1 heterocycles. The number of likely N-dealkylation sites (tertiary alicyclic amines) is 1.